The maximum atomic E-state index is 3.45. The monoisotopic (exact) mass is 230 g/mol. The van der Waals surface area contributed by atoms with Crippen molar-refractivity contribution in [3.63, 3.8) is 0 Å². The van der Waals surface area contributed by atoms with E-state index in [1.807, 2.05) is 7.05 Å². The first-order chi connectivity index (χ1) is 7.81. The van der Waals surface area contributed by atoms with Crippen LogP contribution in [-0.4, -0.2) is 52.9 Å². The van der Waals surface area contributed by atoms with Gasteiger partial charge in [-0.05, 0) is 19.5 Å². The lowest BCUT2D eigenvalue weighted by Gasteiger charge is -2.10. The second-order valence-corrected chi connectivity index (χ2v) is 4.32. The molecule has 16 heavy (non-hydrogen) atoms. The summed E-state index contributed by atoms with van der Waals surface area (Å²) in [5.74, 6) is 0.795. The van der Waals surface area contributed by atoms with Gasteiger partial charge < -0.3 is 21.3 Å². The zero-order valence-corrected chi connectivity index (χ0v) is 11.2. The molecule has 0 aliphatic rings. The predicted molar refractivity (Wildman–Crippen MR) is 72.0 cm³/mol. The Bertz CT molecular complexity index is 130. The molecule has 4 N–H and O–H groups in total. The van der Waals surface area contributed by atoms with Crippen molar-refractivity contribution in [2.45, 2.75) is 20.3 Å². The van der Waals surface area contributed by atoms with E-state index in [1.165, 1.54) is 6.42 Å². The summed E-state index contributed by atoms with van der Waals surface area (Å²) in [5.41, 5.74) is 0. The Hall–Kier alpha value is -0.160. The Morgan fingerprint density at radius 1 is 0.812 bits per heavy atom. The Morgan fingerprint density at radius 2 is 1.31 bits per heavy atom. The van der Waals surface area contributed by atoms with E-state index in [1.54, 1.807) is 0 Å². The van der Waals surface area contributed by atoms with Crippen molar-refractivity contribution in [2.24, 2.45) is 5.92 Å². The predicted octanol–water partition coefficient (Wildman–Crippen LogP) is 0.0207. The van der Waals surface area contributed by atoms with Gasteiger partial charge in [0.1, 0.15) is 0 Å². The van der Waals surface area contributed by atoms with Crippen molar-refractivity contribution in [1.29, 1.82) is 0 Å². The topological polar surface area (TPSA) is 48.1 Å². The Labute approximate surface area is 101 Å². The van der Waals surface area contributed by atoms with E-state index in [0.29, 0.717) is 0 Å². The molecule has 1 unspecified atom stereocenters. The molecule has 0 radical (unpaired) electrons. The smallest absolute Gasteiger partial charge is 0.00772 e. The Morgan fingerprint density at radius 3 is 1.81 bits per heavy atom. The number of rotatable bonds is 12. The highest BCUT2D eigenvalue weighted by Gasteiger charge is 1.96. The van der Waals surface area contributed by atoms with Crippen LogP contribution in [0.1, 0.15) is 20.3 Å². The van der Waals surface area contributed by atoms with Gasteiger partial charge in [-0.15, -0.1) is 0 Å². The molecule has 98 valence electrons. The standard InChI is InChI=1S/C12H30N4/c1-4-12(2)11-16-10-9-15-8-7-14-6-5-13-3/h12-16H,4-11H2,1-3H3. The lowest BCUT2D eigenvalue weighted by Crippen LogP contribution is -2.35. The van der Waals surface area contributed by atoms with Gasteiger partial charge in [-0.1, -0.05) is 20.3 Å². The lowest BCUT2D eigenvalue weighted by molar-refractivity contribution is 0.491. The second kappa shape index (κ2) is 12.9. The third kappa shape index (κ3) is 11.9. The van der Waals surface area contributed by atoms with Crippen molar-refractivity contribution in [2.75, 3.05) is 52.9 Å². The van der Waals surface area contributed by atoms with E-state index in [9.17, 15) is 0 Å². The SMILES string of the molecule is CCC(C)CNCCNCCNCCNC. The van der Waals surface area contributed by atoms with Gasteiger partial charge in [-0.25, -0.2) is 0 Å². The first kappa shape index (κ1) is 15.8. The molecule has 0 bridgehead atoms. The average Bonchev–Trinajstić information content (AvgIpc) is 2.31. The van der Waals surface area contributed by atoms with Crippen LogP contribution < -0.4 is 21.3 Å². The maximum absolute atomic E-state index is 3.45. The van der Waals surface area contributed by atoms with Gasteiger partial charge in [0.25, 0.3) is 0 Å². The van der Waals surface area contributed by atoms with Crippen molar-refractivity contribution in [3.05, 3.63) is 0 Å². The molecule has 0 amide bonds. The van der Waals surface area contributed by atoms with E-state index < -0.39 is 0 Å². The van der Waals surface area contributed by atoms with Gasteiger partial charge in [0.05, 0.1) is 0 Å². The largest absolute Gasteiger partial charge is 0.318 e. The fraction of sp³-hybridized carbons (Fsp3) is 1.00. The van der Waals surface area contributed by atoms with E-state index in [-0.39, 0.29) is 0 Å². The molecule has 1 atom stereocenters. The van der Waals surface area contributed by atoms with Gasteiger partial charge in [0, 0.05) is 39.3 Å². The van der Waals surface area contributed by atoms with E-state index in [2.05, 4.69) is 35.1 Å². The summed E-state index contributed by atoms with van der Waals surface area (Å²) in [7, 11) is 1.98. The van der Waals surface area contributed by atoms with E-state index in [0.717, 1.165) is 51.7 Å². The summed E-state index contributed by atoms with van der Waals surface area (Å²) in [6, 6.07) is 0. The second-order valence-electron chi connectivity index (χ2n) is 4.32. The minimum Gasteiger partial charge on any atom is -0.318 e. The van der Waals surface area contributed by atoms with Crippen molar-refractivity contribution in [3.8, 4) is 0 Å². The number of hydrogen-bond acceptors (Lipinski definition) is 4. The quantitative estimate of drug-likeness (QED) is 0.357. The van der Waals surface area contributed by atoms with Crippen LogP contribution >= 0.6 is 0 Å². The summed E-state index contributed by atoms with van der Waals surface area (Å²) < 4.78 is 0. The van der Waals surface area contributed by atoms with Crippen molar-refractivity contribution in [1.82, 2.24) is 21.3 Å². The zero-order valence-electron chi connectivity index (χ0n) is 11.2. The average molecular weight is 230 g/mol. The van der Waals surface area contributed by atoms with Crippen molar-refractivity contribution >= 4 is 0 Å². The molecule has 0 aromatic rings. The molecule has 0 aliphatic heterocycles. The zero-order chi connectivity index (χ0) is 12.1. The van der Waals surface area contributed by atoms with Crippen LogP contribution in [0.15, 0.2) is 0 Å². The molecule has 0 saturated carbocycles. The highest BCUT2D eigenvalue weighted by atomic mass is 15.0. The summed E-state index contributed by atoms with van der Waals surface area (Å²) >= 11 is 0. The molecule has 0 heterocycles. The van der Waals surface area contributed by atoms with Crippen LogP contribution in [0.25, 0.3) is 0 Å². The van der Waals surface area contributed by atoms with Crippen LogP contribution in [0.5, 0.6) is 0 Å². The molecular formula is C12H30N4. The molecule has 0 rings (SSSR count). The molecule has 4 heteroatoms. The summed E-state index contributed by atoms with van der Waals surface area (Å²) in [6.45, 7) is 12.0. The number of hydrogen-bond donors (Lipinski definition) is 4. The van der Waals surface area contributed by atoms with Gasteiger partial charge in [-0.2, -0.15) is 0 Å². The van der Waals surface area contributed by atoms with E-state index >= 15 is 0 Å². The van der Waals surface area contributed by atoms with Crippen LogP contribution in [0.4, 0.5) is 0 Å². The molecular weight excluding hydrogens is 200 g/mol. The normalized spacial score (nSPS) is 12.9. The summed E-state index contributed by atoms with van der Waals surface area (Å²) in [4.78, 5) is 0. The highest BCUT2D eigenvalue weighted by Crippen LogP contribution is 1.96. The Kier molecular flexibility index (Phi) is 12.8. The Balaban J connectivity index is 2.93. The highest BCUT2D eigenvalue weighted by molar-refractivity contribution is 4.58. The lowest BCUT2D eigenvalue weighted by atomic mass is 10.1. The third-order valence-corrected chi connectivity index (χ3v) is 2.70. The first-order valence-electron chi connectivity index (χ1n) is 6.58. The summed E-state index contributed by atoms with van der Waals surface area (Å²) in [6.07, 6.45) is 1.26. The number of nitrogens with one attached hydrogen (secondary N) is 4. The molecule has 0 spiro atoms. The molecule has 4 nitrogen and oxygen atoms in total. The van der Waals surface area contributed by atoms with Gasteiger partial charge in [-0.3, -0.25) is 0 Å². The maximum Gasteiger partial charge on any atom is 0.00772 e. The minimum absolute atomic E-state index is 0.795. The van der Waals surface area contributed by atoms with Crippen LogP contribution in [0.2, 0.25) is 0 Å². The van der Waals surface area contributed by atoms with Crippen molar-refractivity contribution < 1.29 is 0 Å². The van der Waals surface area contributed by atoms with Gasteiger partial charge in [0.2, 0.25) is 0 Å². The first-order valence-corrected chi connectivity index (χ1v) is 6.58. The van der Waals surface area contributed by atoms with Gasteiger partial charge >= 0.3 is 0 Å². The summed E-state index contributed by atoms with van der Waals surface area (Å²) in [5, 5.41) is 13.3. The third-order valence-electron chi connectivity index (χ3n) is 2.70. The van der Waals surface area contributed by atoms with Gasteiger partial charge in [0.15, 0.2) is 0 Å². The molecule has 0 fully saturated rings. The van der Waals surface area contributed by atoms with Crippen LogP contribution in [0.3, 0.4) is 0 Å². The molecule has 0 aromatic carbocycles. The van der Waals surface area contributed by atoms with Crippen LogP contribution in [-0.2, 0) is 0 Å². The fourth-order valence-corrected chi connectivity index (χ4v) is 1.31. The molecule has 0 aliphatic carbocycles. The minimum atomic E-state index is 0.795. The number of likely N-dealkylation sites (N-methyl/N-ethyl adjacent to an activating group) is 1. The van der Waals surface area contributed by atoms with E-state index in [4.69, 9.17) is 0 Å². The molecule has 0 aromatic heterocycles. The fourth-order valence-electron chi connectivity index (χ4n) is 1.31. The molecule has 0 saturated heterocycles. The van der Waals surface area contributed by atoms with Crippen LogP contribution in [0, 0.1) is 5.92 Å².